The van der Waals surface area contributed by atoms with Gasteiger partial charge in [0.2, 0.25) is 0 Å². The van der Waals surface area contributed by atoms with Gasteiger partial charge in [0.1, 0.15) is 0 Å². The van der Waals surface area contributed by atoms with Crippen LogP contribution in [0.2, 0.25) is 0 Å². The van der Waals surface area contributed by atoms with Crippen molar-refractivity contribution in [3.8, 4) is 0 Å². The zero-order chi connectivity index (χ0) is 17.1. The van der Waals surface area contributed by atoms with E-state index >= 15 is 0 Å². The van der Waals surface area contributed by atoms with Gasteiger partial charge in [-0.25, -0.2) is 0 Å². The molecule has 0 saturated heterocycles. The summed E-state index contributed by atoms with van der Waals surface area (Å²) >= 11 is 0. The Morgan fingerprint density at radius 3 is 2.30 bits per heavy atom. The highest BCUT2D eigenvalue weighted by atomic mass is 16.6. The van der Waals surface area contributed by atoms with E-state index in [4.69, 9.17) is 0 Å². The number of nitrogens with one attached hydrogen (secondary N) is 1. The fourth-order valence-corrected chi connectivity index (χ4v) is 2.34. The number of amides is 1. The molecule has 2 aromatic carbocycles. The Bertz CT molecular complexity index is 769. The summed E-state index contributed by atoms with van der Waals surface area (Å²) in [6, 6.07) is 10.4. The largest absolute Gasteiger partial charge is 0.346 e. The average molecular weight is 312 g/mol. The standard InChI is InChI=1S/C18H20N2O3/c1-11-5-7-15(9-13(11)3)14(4)19-18(21)16-8-6-12(2)17(10-16)20(22)23/h5-10,14H,1-4H3,(H,19,21)/t14-/m1/s1. The maximum atomic E-state index is 12.3. The monoisotopic (exact) mass is 312 g/mol. The topological polar surface area (TPSA) is 72.2 Å². The van der Waals surface area contributed by atoms with E-state index in [0.717, 1.165) is 11.1 Å². The second kappa shape index (κ2) is 6.60. The predicted octanol–water partition coefficient (Wildman–Crippen LogP) is 4.01. The number of carbonyl (C=O) groups excluding carboxylic acids is 1. The van der Waals surface area contributed by atoms with E-state index in [1.807, 2.05) is 39.0 Å². The summed E-state index contributed by atoms with van der Waals surface area (Å²) in [6.07, 6.45) is 0. The van der Waals surface area contributed by atoms with Crippen molar-refractivity contribution < 1.29 is 9.72 Å². The molecule has 0 heterocycles. The van der Waals surface area contributed by atoms with Crippen molar-refractivity contribution in [1.82, 2.24) is 5.32 Å². The minimum Gasteiger partial charge on any atom is -0.346 e. The highest BCUT2D eigenvalue weighted by Gasteiger charge is 2.17. The van der Waals surface area contributed by atoms with Crippen LogP contribution in [0, 0.1) is 30.9 Å². The molecule has 1 amide bonds. The van der Waals surface area contributed by atoms with Gasteiger partial charge in [0.05, 0.1) is 11.0 Å². The van der Waals surface area contributed by atoms with Crippen molar-refractivity contribution in [3.05, 3.63) is 74.3 Å². The summed E-state index contributed by atoms with van der Waals surface area (Å²) in [5.74, 6) is -0.321. The van der Waals surface area contributed by atoms with Gasteiger partial charge in [-0.15, -0.1) is 0 Å². The molecule has 0 aromatic heterocycles. The maximum Gasteiger partial charge on any atom is 0.273 e. The summed E-state index contributed by atoms with van der Waals surface area (Å²) < 4.78 is 0. The number of aryl methyl sites for hydroxylation is 3. The molecule has 0 aliphatic heterocycles. The van der Waals surface area contributed by atoms with Crippen molar-refractivity contribution in [1.29, 1.82) is 0 Å². The van der Waals surface area contributed by atoms with Crippen LogP contribution in [-0.4, -0.2) is 10.8 Å². The second-order valence-electron chi connectivity index (χ2n) is 5.80. The summed E-state index contributed by atoms with van der Waals surface area (Å²) in [4.78, 5) is 22.8. The number of rotatable bonds is 4. The molecule has 1 N–H and O–H groups in total. The molecule has 0 aliphatic rings. The molecule has 120 valence electrons. The van der Waals surface area contributed by atoms with Gasteiger partial charge in [0.25, 0.3) is 11.6 Å². The fourth-order valence-electron chi connectivity index (χ4n) is 2.34. The number of benzene rings is 2. The van der Waals surface area contributed by atoms with E-state index in [9.17, 15) is 14.9 Å². The van der Waals surface area contributed by atoms with Crippen LogP contribution in [0.3, 0.4) is 0 Å². The zero-order valence-corrected chi connectivity index (χ0v) is 13.7. The molecule has 0 unspecified atom stereocenters. The quantitative estimate of drug-likeness (QED) is 0.685. The van der Waals surface area contributed by atoms with Gasteiger partial charge >= 0.3 is 0 Å². The lowest BCUT2D eigenvalue weighted by molar-refractivity contribution is -0.385. The Hall–Kier alpha value is -2.69. The van der Waals surface area contributed by atoms with Gasteiger partial charge in [-0.05, 0) is 50.5 Å². The molecular formula is C18H20N2O3. The maximum absolute atomic E-state index is 12.3. The van der Waals surface area contributed by atoms with Crippen molar-refractivity contribution in [2.24, 2.45) is 0 Å². The van der Waals surface area contributed by atoms with Gasteiger partial charge in [0.15, 0.2) is 0 Å². The number of nitro groups is 1. The summed E-state index contributed by atoms with van der Waals surface area (Å²) in [7, 11) is 0. The molecule has 1 atom stereocenters. The van der Waals surface area contributed by atoms with E-state index < -0.39 is 4.92 Å². The van der Waals surface area contributed by atoms with Crippen LogP contribution < -0.4 is 5.32 Å². The van der Waals surface area contributed by atoms with Crippen LogP contribution in [0.4, 0.5) is 5.69 Å². The van der Waals surface area contributed by atoms with Crippen LogP contribution in [-0.2, 0) is 0 Å². The summed E-state index contributed by atoms with van der Waals surface area (Å²) in [5, 5.41) is 13.9. The fraction of sp³-hybridized carbons (Fsp3) is 0.278. The lowest BCUT2D eigenvalue weighted by Gasteiger charge is -2.16. The molecule has 5 heteroatoms. The van der Waals surface area contributed by atoms with Gasteiger partial charge in [0, 0.05) is 17.2 Å². The number of hydrogen-bond acceptors (Lipinski definition) is 3. The molecule has 5 nitrogen and oxygen atoms in total. The first-order valence-corrected chi connectivity index (χ1v) is 7.42. The third-order valence-corrected chi connectivity index (χ3v) is 4.05. The first kappa shape index (κ1) is 16.7. The Morgan fingerprint density at radius 1 is 1.04 bits per heavy atom. The van der Waals surface area contributed by atoms with Gasteiger partial charge in [-0.1, -0.05) is 24.3 Å². The molecule has 0 spiro atoms. The Kier molecular flexibility index (Phi) is 4.79. The lowest BCUT2D eigenvalue weighted by atomic mass is 10.0. The Labute approximate surface area is 135 Å². The van der Waals surface area contributed by atoms with Crippen LogP contribution in [0.1, 0.15) is 45.6 Å². The van der Waals surface area contributed by atoms with Crippen molar-refractivity contribution in [2.75, 3.05) is 0 Å². The van der Waals surface area contributed by atoms with Crippen molar-refractivity contribution in [3.63, 3.8) is 0 Å². The molecule has 2 aromatic rings. The molecule has 2 rings (SSSR count). The SMILES string of the molecule is Cc1ccc([C@@H](C)NC(=O)c2ccc(C)c([N+](=O)[O-])c2)cc1C. The third-order valence-electron chi connectivity index (χ3n) is 4.05. The summed E-state index contributed by atoms with van der Waals surface area (Å²) in [6.45, 7) is 7.60. The molecular weight excluding hydrogens is 292 g/mol. The smallest absolute Gasteiger partial charge is 0.273 e. The number of carbonyl (C=O) groups is 1. The molecule has 23 heavy (non-hydrogen) atoms. The first-order chi connectivity index (χ1) is 10.8. The summed E-state index contributed by atoms with van der Waals surface area (Å²) in [5.41, 5.74) is 4.14. The van der Waals surface area contributed by atoms with Crippen LogP contribution in [0.25, 0.3) is 0 Å². The van der Waals surface area contributed by atoms with E-state index in [2.05, 4.69) is 5.32 Å². The van der Waals surface area contributed by atoms with Gasteiger partial charge in [-0.2, -0.15) is 0 Å². The minimum atomic E-state index is -0.473. The van der Waals surface area contributed by atoms with E-state index in [0.29, 0.717) is 5.56 Å². The molecule has 0 aliphatic carbocycles. The van der Waals surface area contributed by atoms with Crippen LogP contribution >= 0.6 is 0 Å². The average Bonchev–Trinajstić information content (AvgIpc) is 2.49. The number of nitro benzene ring substituents is 1. The van der Waals surface area contributed by atoms with E-state index in [1.54, 1.807) is 19.1 Å². The normalized spacial score (nSPS) is 11.8. The molecule has 0 radical (unpaired) electrons. The number of nitrogens with zero attached hydrogens (tertiary/aromatic N) is 1. The second-order valence-corrected chi connectivity index (χ2v) is 5.80. The van der Waals surface area contributed by atoms with Gasteiger partial charge < -0.3 is 5.32 Å². The highest BCUT2D eigenvalue weighted by molar-refractivity contribution is 5.95. The number of hydrogen-bond donors (Lipinski definition) is 1. The van der Waals surface area contributed by atoms with E-state index in [-0.39, 0.29) is 23.2 Å². The Balaban J connectivity index is 2.19. The van der Waals surface area contributed by atoms with E-state index in [1.165, 1.54) is 11.6 Å². The minimum absolute atomic E-state index is 0.0449. The Morgan fingerprint density at radius 2 is 1.70 bits per heavy atom. The third kappa shape index (κ3) is 3.74. The van der Waals surface area contributed by atoms with Crippen molar-refractivity contribution >= 4 is 11.6 Å². The first-order valence-electron chi connectivity index (χ1n) is 7.42. The molecule has 0 fully saturated rings. The highest BCUT2D eigenvalue weighted by Crippen LogP contribution is 2.21. The molecule has 0 saturated carbocycles. The van der Waals surface area contributed by atoms with Gasteiger partial charge in [-0.3, -0.25) is 14.9 Å². The van der Waals surface area contributed by atoms with Crippen LogP contribution in [0.5, 0.6) is 0 Å². The zero-order valence-electron chi connectivity index (χ0n) is 13.7. The van der Waals surface area contributed by atoms with Crippen LogP contribution in [0.15, 0.2) is 36.4 Å². The molecule has 0 bridgehead atoms. The lowest BCUT2D eigenvalue weighted by Crippen LogP contribution is -2.26. The predicted molar refractivity (Wildman–Crippen MR) is 89.6 cm³/mol. The van der Waals surface area contributed by atoms with Crippen molar-refractivity contribution in [2.45, 2.75) is 33.7 Å².